The molecule has 0 aliphatic heterocycles. The number of hydrogen-bond donors (Lipinski definition) is 1. The number of pyridine rings is 1. The average Bonchev–Trinajstić information content (AvgIpc) is 2.24. The summed E-state index contributed by atoms with van der Waals surface area (Å²) in [6, 6.07) is -0.0551. The van der Waals surface area contributed by atoms with Crippen molar-refractivity contribution in [2.45, 2.75) is 23.4 Å². The average molecular weight is 325 g/mol. The molecule has 1 aromatic heterocycles. The minimum atomic E-state index is -5.01. The van der Waals surface area contributed by atoms with E-state index in [1.54, 1.807) is 0 Å². The van der Waals surface area contributed by atoms with Crippen LogP contribution in [0.3, 0.4) is 0 Å². The molecule has 0 aromatic carbocycles. The highest BCUT2D eigenvalue weighted by Gasteiger charge is 2.36. The topological polar surface area (TPSA) is 73.1 Å². The van der Waals surface area contributed by atoms with Gasteiger partial charge in [-0.2, -0.15) is 13.2 Å². The zero-order chi connectivity index (χ0) is 15.0. The molecule has 0 aliphatic rings. The van der Waals surface area contributed by atoms with E-state index < -0.39 is 50.4 Å². The van der Waals surface area contributed by atoms with Crippen molar-refractivity contribution in [3.63, 3.8) is 0 Å². The number of primary sulfonamides is 1. The third kappa shape index (κ3) is 3.51. The number of halogens is 6. The van der Waals surface area contributed by atoms with Crippen molar-refractivity contribution in [3.05, 3.63) is 23.0 Å². The molecule has 0 saturated heterocycles. The molecule has 0 unspecified atom stereocenters. The summed E-state index contributed by atoms with van der Waals surface area (Å²) in [5.41, 5.74) is -3.90. The maximum absolute atomic E-state index is 12.7. The molecule has 19 heavy (non-hydrogen) atoms. The Kier molecular flexibility index (Phi) is 4.37. The van der Waals surface area contributed by atoms with E-state index in [4.69, 9.17) is 11.6 Å². The van der Waals surface area contributed by atoms with E-state index in [1.165, 1.54) is 0 Å². The highest BCUT2D eigenvalue weighted by atomic mass is 35.5. The molecule has 0 aliphatic carbocycles. The lowest BCUT2D eigenvalue weighted by atomic mass is 10.2. The van der Waals surface area contributed by atoms with E-state index in [2.05, 4.69) is 10.1 Å². The first kappa shape index (κ1) is 16.1. The summed E-state index contributed by atoms with van der Waals surface area (Å²) in [4.78, 5) is 1.75. The van der Waals surface area contributed by atoms with Gasteiger partial charge in [0.15, 0.2) is 0 Å². The number of alkyl halides is 6. The Balaban J connectivity index is 3.74. The summed E-state index contributed by atoms with van der Waals surface area (Å²) in [5.74, 6) is -0.810. The summed E-state index contributed by atoms with van der Waals surface area (Å²) in [6.07, 6.45) is -8.49. The van der Waals surface area contributed by atoms with Gasteiger partial charge in [0.05, 0.1) is 11.6 Å². The van der Waals surface area contributed by atoms with E-state index in [0.717, 1.165) is 0 Å². The molecule has 1 heterocycles. The Hall–Kier alpha value is -1.00. The van der Waals surface area contributed by atoms with Crippen LogP contribution in [-0.4, -0.2) is 13.4 Å². The van der Waals surface area contributed by atoms with Gasteiger partial charge in [-0.15, -0.1) is 11.6 Å². The second kappa shape index (κ2) is 5.17. The molecule has 0 bridgehead atoms. The SMILES string of the molecule is NS(=O)(=O)c1c(C(F)F)cc(C(F)(F)F)nc1CCl. The lowest BCUT2D eigenvalue weighted by Gasteiger charge is -2.14. The van der Waals surface area contributed by atoms with Crippen LogP contribution in [0.1, 0.15) is 23.4 Å². The zero-order valence-electron chi connectivity index (χ0n) is 8.88. The number of aromatic nitrogens is 1. The smallest absolute Gasteiger partial charge is 0.246 e. The van der Waals surface area contributed by atoms with E-state index in [-0.39, 0.29) is 6.07 Å². The first-order valence-corrected chi connectivity index (χ1v) is 6.54. The Morgan fingerprint density at radius 2 is 1.89 bits per heavy atom. The van der Waals surface area contributed by atoms with Gasteiger partial charge in [-0.3, -0.25) is 0 Å². The van der Waals surface area contributed by atoms with Crippen LogP contribution in [0.4, 0.5) is 22.0 Å². The molecule has 4 nitrogen and oxygen atoms in total. The fourth-order valence-corrected chi connectivity index (χ4v) is 2.53. The highest BCUT2D eigenvalue weighted by Crippen LogP contribution is 2.35. The van der Waals surface area contributed by atoms with Gasteiger partial charge in [-0.05, 0) is 6.07 Å². The highest BCUT2D eigenvalue weighted by molar-refractivity contribution is 7.89. The van der Waals surface area contributed by atoms with Crippen LogP contribution >= 0.6 is 11.6 Å². The molecule has 0 atom stereocenters. The third-order valence-electron chi connectivity index (χ3n) is 2.01. The Morgan fingerprint density at radius 3 is 2.21 bits per heavy atom. The lowest BCUT2D eigenvalue weighted by molar-refractivity contribution is -0.141. The lowest BCUT2D eigenvalue weighted by Crippen LogP contribution is -2.20. The summed E-state index contributed by atoms with van der Waals surface area (Å²) in [7, 11) is -4.68. The van der Waals surface area contributed by atoms with E-state index in [9.17, 15) is 30.4 Å². The molecular formula is C8H6ClF5N2O2S. The minimum absolute atomic E-state index is 0.0551. The first-order chi connectivity index (χ1) is 8.48. The molecule has 0 amide bonds. The van der Waals surface area contributed by atoms with Gasteiger partial charge in [-0.25, -0.2) is 27.3 Å². The first-order valence-electron chi connectivity index (χ1n) is 4.46. The summed E-state index contributed by atoms with van der Waals surface area (Å²) in [5, 5.41) is 4.69. The molecule has 2 N–H and O–H groups in total. The number of sulfonamides is 1. The minimum Gasteiger partial charge on any atom is -0.246 e. The van der Waals surface area contributed by atoms with Crippen LogP contribution in [0.2, 0.25) is 0 Å². The maximum atomic E-state index is 12.7. The van der Waals surface area contributed by atoms with Crippen LogP contribution in [0.15, 0.2) is 11.0 Å². The summed E-state index contributed by atoms with van der Waals surface area (Å²) in [6.45, 7) is 0. The molecule has 0 radical (unpaired) electrons. The van der Waals surface area contributed by atoms with Crippen molar-refractivity contribution in [3.8, 4) is 0 Å². The molecule has 0 spiro atoms. The molecule has 0 fully saturated rings. The van der Waals surface area contributed by atoms with Crippen LogP contribution in [0.5, 0.6) is 0 Å². The monoisotopic (exact) mass is 324 g/mol. The van der Waals surface area contributed by atoms with E-state index >= 15 is 0 Å². The molecule has 1 aromatic rings. The quantitative estimate of drug-likeness (QED) is 0.685. The standard InChI is InChI=1S/C8H6ClF5N2O2S/c9-2-4-6(19(15,17)18)3(7(10)11)1-5(16-4)8(12,13)14/h1,7H,2H2,(H2,15,17,18). The fourth-order valence-electron chi connectivity index (χ4n) is 1.33. The maximum Gasteiger partial charge on any atom is 0.433 e. The van der Waals surface area contributed by atoms with Gasteiger partial charge in [0.2, 0.25) is 10.0 Å². The zero-order valence-corrected chi connectivity index (χ0v) is 10.5. The summed E-state index contributed by atoms with van der Waals surface area (Å²) < 4.78 is 85.0. The van der Waals surface area contributed by atoms with Gasteiger partial charge in [-0.1, -0.05) is 0 Å². The molecular weight excluding hydrogens is 319 g/mol. The van der Waals surface area contributed by atoms with Crippen molar-refractivity contribution < 1.29 is 30.4 Å². The molecule has 0 saturated carbocycles. The van der Waals surface area contributed by atoms with E-state index in [1.807, 2.05) is 0 Å². The Morgan fingerprint density at radius 1 is 1.37 bits per heavy atom. The number of hydrogen-bond acceptors (Lipinski definition) is 3. The summed E-state index contributed by atoms with van der Waals surface area (Å²) >= 11 is 5.24. The van der Waals surface area contributed by atoms with Gasteiger partial charge in [0, 0.05) is 5.56 Å². The van der Waals surface area contributed by atoms with Gasteiger partial charge in [0.1, 0.15) is 10.6 Å². The van der Waals surface area contributed by atoms with Gasteiger partial charge >= 0.3 is 6.18 Å². The molecule has 108 valence electrons. The predicted molar refractivity (Wildman–Crippen MR) is 55.1 cm³/mol. The van der Waals surface area contributed by atoms with Crippen molar-refractivity contribution in [2.24, 2.45) is 5.14 Å². The predicted octanol–water partition coefficient (Wildman–Crippen LogP) is 2.42. The second-order valence-corrected chi connectivity index (χ2v) is 5.12. The Bertz CT molecular complexity index is 588. The molecule has 11 heteroatoms. The normalized spacial score (nSPS) is 13.1. The van der Waals surface area contributed by atoms with Crippen LogP contribution in [0, 0.1) is 0 Å². The molecule has 1 rings (SSSR count). The number of nitrogens with two attached hydrogens (primary N) is 1. The largest absolute Gasteiger partial charge is 0.433 e. The van der Waals surface area contributed by atoms with Gasteiger partial charge in [0.25, 0.3) is 6.43 Å². The number of rotatable bonds is 3. The van der Waals surface area contributed by atoms with Crippen LogP contribution < -0.4 is 5.14 Å². The fraction of sp³-hybridized carbons (Fsp3) is 0.375. The van der Waals surface area contributed by atoms with Crippen molar-refractivity contribution in [1.29, 1.82) is 0 Å². The van der Waals surface area contributed by atoms with Crippen molar-refractivity contribution >= 4 is 21.6 Å². The van der Waals surface area contributed by atoms with Crippen LogP contribution in [0.25, 0.3) is 0 Å². The van der Waals surface area contributed by atoms with Crippen molar-refractivity contribution in [2.75, 3.05) is 0 Å². The number of nitrogens with zero attached hydrogens (tertiary/aromatic N) is 1. The third-order valence-corrected chi connectivity index (χ3v) is 3.30. The van der Waals surface area contributed by atoms with Gasteiger partial charge < -0.3 is 0 Å². The van der Waals surface area contributed by atoms with Crippen LogP contribution in [-0.2, 0) is 22.1 Å². The Labute approximate surface area is 109 Å². The second-order valence-electron chi connectivity index (χ2n) is 3.35. The van der Waals surface area contributed by atoms with E-state index in [0.29, 0.717) is 0 Å². The van der Waals surface area contributed by atoms with Crippen molar-refractivity contribution in [1.82, 2.24) is 4.98 Å².